The highest BCUT2D eigenvalue weighted by Gasteiger charge is 2.10. The van der Waals surface area contributed by atoms with Crippen LogP contribution < -0.4 is 5.32 Å². The van der Waals surface area contributed by atoms with Crippen molar-refractivity contribution in [2.75, 3.05) is 5.32 Å². The Labute approximate surface area is 107 Å². The van der Waals surface area contributed by atoms with Gasteiger partial charge in [-0.15, -0.1) is 0 Å². The molecule has 2 aromatic rings. The van der Waals surface area contributed by atoms with E-state index in [1.165, 1.54) is 0 Å². The number of rotatable bonds is 4. The van der Waals surface area contributed by atoms with Gasteiger partial charge in [-0.3, -0.25) is 4.79 Å². The van der Waals surface area contributed by atoms with Gasteiger partial charge in [0.25, 0.3) is 0 Å². The SMILES string of the molecule is CC(C)C(=O)Nc1ccnn1Cc1ccccc1. The summed E-state index contributed by atoms with van der Waals surface area (Å²) in [6.07, 6.45) is 1.69. The lowest BCUT2D eigenvalue weighted by atomic mass is 10.2. The van der Waals surface area contributed by atoms with Crippen LogP contribution in [0.4, 0.5) is 5.82 Å². The quantitative estimate of drug-likeness (QED) is 0.897. The first-order valence-corrected chi connectivity index (χ1v) is 6.03. The van der Waals surface area contributed by atoms with Crippen LogP contribution in [0.1, 0.15) is 19.4 Å². The number of nitrogens with one attached hydrogen (secondary N) is 1. The van der Waals surface area contributed by atoms with E-state index >= 15 is 0 Å². The van der Waals surface area contributed by atoms with Crippen molar-refractivity contribution in [3.8, 4) is 0 Å². The van der Waals surface area contributed by atoms with E-state index in [0.717, 1.165) is 11.4 Å². The molecule has 4 heteroatoms. The standard InChI is InChI=1S/C14H17N3O/c1-11(2)14(18)16-13-8-9-15-17(13)10-12-6-4-3-5-7-12/h3-9,11H,10H2,1-2H3,(H,16,18). The van der Waals surface area contributed by atoms with Crippen molar-refractivity contribution < 1.29 is 4.79 Å². The highest BCUT2D eigenvalue weighted by Crippen LogP contribution is 2.11. The second-order valence-corrected chi connectivity index (χ2v) is 4.50. The maximum absolute atomic E-state index is 11.7. The summed E-state index contributed by atoms with van der Waals surface area (Å²) in [4.78, 5) is 11.7. The predicted molar refractivity (Wildman–Crippen MR) is 71.2 cm³/mol. The van der Waals surface area contributed by atoms with E-state index in [-0.39, 0.29) is 11.8 Å². The molecule has 94 valence electrons. The monoisotopic (exact) mass is 243 g/mol. The van der Waals surface area contributed by atoms with Gasteiger partial charge in [-0.05, 0) is 5.56 Å². The first-order valence-electron chi connectivity index (χ1n) is 6.03. The lowest BCUT2D eigenvalue weighted by Crippen LogP contribution is -2.20. The van der Waals surface area contributed by atoms with Crippen LogP contribution in [0.25, 0.3) is 0 Å². The molecule has 0 saturated carbocycles. The van der Waals surface area contributed by atoms with Crippen molar-refractivity contribution in [1.82, 2.24) is 9.78 Å². The maximum atomic E-state index is 11.7. The van der Waals surface area contributed by atoms with E-state index in [1.807, 2.05) is 50.2 Å². The Balaban J connectivity index is 2.11. The summed E-state index contributed by atoms with van der Waals surface area (Å²) in [6.45, 7) is 4.39. The lowest BCUT2D eigenvalue weighted by Gasteiger charge is -2.10. The number of benzene rings is 1. The molecule has 4 nitrogen and oxygen atoms in total. The molecule has 0 aliphatic rings. The molecule has 0 aliphatic heterocycles. The van der Waals surface area contributed by atoms with Gasteiger partial charge in [0.15, 0.2) is 0 Å². The topological polar surface area (TPSA) is 46.9 Å². The zero-order valence-electron chi connectivity index (χ0n) is 10.6. The largest absolute Gasteiger partial charge is 0.311 e. The molecule has 1 N–H and O–H groups in total. The molecule has 0 bridgehead atoms. The van der Waals surface area contributed by atoms with E-state index in [9.17, 15) is 4.79 Å². The van der Waals surface area contributed by atoms with Crippen LogP contribution in [0.3, 0.4) is 0 Å². The van der Waals surface area contributed by atoms with Crippen LogP contribution >= 0.6 is 0 Å². The molecule has 0 atom stereocenters. The molecule has 0 saturated heterocycles. The number of carbonyl (C=O) groups is 1. The van der Waals surface area contributed by atoms with E-state index < -0.39 is 0 Å². The Morgan fingerprint density at radius 3 is 2.67 bits per heavy atom. The summed E-state index contributed by atoms with van der Waals surface area (Å²) < 4.78 is 1.79. The highest BCUT2D eigenvalue weighted by atomic mass is 16.1. The zero-order chi connectivity index (χ0) is 13.0. The second-order valence-electron chi connectivity index (χ2n) is 4.50. The van der Waals surface area contributed by atoms with Crippen molar-refractivity contribution in [3.63, 3.8) is 0 Å². The molecule has 2 rings (SSSR count). The Kier molecular flexibility index (Phi) is 3.77. The summed E-state index contributed by atoms with van der Waals surface area (Å²) >= 11 is 0. The molecule has 18 heavy (non-hydrogen) atoms. The van der Waals surface area contributed by atoms with E-state index in [1.54, 1.807) is 10.9 Å². The van der Waals surface area contributed by atoms with Gasteiger partial charge in [-0.2, -0.15) is 5.10 Å². The number of amides is 1. The van der Waals surface area contributed by atoms with Crippen LogP contribution in [0, 0.1) is 5.92 Å². The molecule has 1 heterocycles. The molecule has 1 aromatic carbocycles. The molecular weight excluding hydrogens is 226 g/mol. The number of nitrogens with zero attached hydrogens (tertiary/aromatic N) is 2. The Hall–Kier alpha value is -2.10. The first-order chi connectivity index (χ1) is 8.66. The van der Waals surface area contributed by atoms with E-state index in [4.69, 9.17) is 0 Å². The third kappa shape index (κ3) is 2.97. The highest BCUT2D eigenvalue weighted by molar-refractivity contribution is 5.91. The smallest absolute Gasteiger partial charge is 0.228 e. The number of anilines is 1. The van der Waals surface area contributed by atoms with Gasteiger partial charge in [0.1, 0.15) is 5.82 Å². The average molecular weight is 243 g/mol. The van der Waals surface area contributed by atoms with Gasteiger partial charge in [0.2, 0.25) is 5.91 Å². The number of hydrogen-bond donors (Lipinski definition) is 1. The maximum Gasteiger partial charge on any atom is 0.228 e. The van der Waals surface area contributed by atoms with Gasteiger partial charge in [0.05, 0.1) is 12.7 Å². The van der Waals surface area contributed by atoms with Crippen LogP contribution in [0.15, 0.2) is 42.6 Å². The fourth-order valence-electron chi connectivity index (χ4n) is 1.59. The van der Waals surface area contributed by atoms with Crippen molar-refractivity contribution in [2.45, 2.75) is 20.4 Å². The third-order valence-corrected chi connectivity index (χ3v) is 2.67. The Morgan fingerprint density at radius 1 is 1.28 bits per heavy atom. The molecule has 1 aromatic heterocycles. The van der Waals surface area contributed by atoms with Gasteiger partial charge in [0, 0.05) is 12.0 Å². The van der Waals surface area contributed by atoms with Crippen LogP contribution in [0.2, 0.25) is 0 Å². The van der Waals surface area contributed by atoms with Crippen molar-refractivity contribution in [3.05, 3.63) is 48.2 Å². The molecule has 0 aliphatic carbocycles. The zero-order valence-corrected chi connectivity index (χ0v) is 10.6. The Morgan fingerprint density at radius 2 is 2.00 bits per heavy atom. The fourth-order valence-corrected chi connectivity index (χ4v) is 1.59. The van der Waals surface area contributed by atoms with Crippen molar-refractivity contribution >= 4 is 11.7 Å². The summed E-state index contributed by atoms with van der Waals surface area (Å²) in [5, 5.41) is 7.10. The Bertz CT molecular complexity index is 517. The second kappa shape index (κ2) is 5.49. The van der Waals surface area contributed by atoms with E-state index in [0.29, 0.717) is 6.54 Å². The number of hydrogen-bond acceptors (Lipinski definition) is 2. The summed E-state index contributed by atoms with van der Waals surface area (Å²) in [5.74, 6) is 0.701. The van der Waals surface area contributed by atoms with Gasteiger partial charge < -0.3 is 5.32 Å². The fraction of sp³-hybridized carbons (Fsp3) is 0.286. The van der Waals surface area contributed by atoms with E-state index in [2.05, 4.69) is 10.4 Å². The minimum Gasteiger partial charge on any atom is -0.311 e. The molecule has 0 radical (unpaired) electrons. The lowest BCUT2D eigenvalue weighted by molar-refractivity contribution is -0.118. The van der Waals surface area contributed by atoms with Crippen LogP contribution in [-0.2, 0) is 11.3 Å². The molecule has 0 fully saturated rings. The summed E-state index contributed by atoms with van der Waals surface area (Å²) in [6, 6.07) is 11.8. The minimum absolute atomic E-state index is 0.00446. The number of aromatic nitrogens is 2. The molecule has 1 amide bonds. The third-order valence-electron chi connectivity index (χ3n) is 2.67. The van der Waals surface area contributed by atoms with Crippen LogP contribution in [-0.4, -0.2) is 15.7 Å². The summed E-state index contributed by atoms with van der Waals surface area (Å²) in [5.41, 5.74) is 1.15. The average Bonchev–Trinajstić information content (AvgIpc) is 2.78. The van der Waals surface area contributed by atoms with Gasteiger partial charge >= 0.3 is 0 Å². The normalized spacial score (nSPS) is 10.6. The minimum atomic E-state index is -0.0370. The molecule has 0 unspecified atom stereocenters. The number of carbonyl (C=O) groups excluding carboxylic acids is 1. The van der Waals surface area contributed by atoms with Crippen LogP contribution in [0.5, 0.6) is 0 Å². The van der Waals surface area contributed by atoms with Crippen molar-refractivity contribution in [1.29, 1.82) is 0 Å². The molecular formula is C14H17N3O. The molecule has 0 spiro atoms. The van der Waals surface area contributed by atoms with Gasteiger partial charge in [-0.1, -0.05) is 44.2 Å². The van der Waals surface area contributed by atoms with Gasteiger partial charge in [-0.25, -0.2) is 4.68 Å². The predicted octanol–water partition coefficient (Wildman–Crippen LogP) is 2.53. The first kappa shape index (κ1) is 12.4. The van der Waals surface area contributed by atoms with Crippen molar-refractivity contribution in [2.24, 2.45) is 5.92 Å². The summed E-state index contributed by atoms with van der Waals surface area (Å²) in [7, 11) is 0.